The zero-order valence-corrected chi connectivity index (χ0v) is 19.1. The fourth-order valence-corrected chi connectivity index (χ4v) is 2.70. The van der Waals surface area contributed by atoms with Gasteiger partial charge in [0.15, 0.2) is 0 Å². The van der Waals surface area contributed by atoms with Gasteiger partial charge < -0.3 is 15.3 Å². The summed E-state index contributed by atoms with van der Waals surface area (Å²) in [6, 6.07) is 0. The Morgan fingerprint density at radius 2 is 1.07 bits per heavy atom. The van der Waals surface area contributed by atoms with E-state index in [-0.39, 0.29) is 19.8 Å². The molecule has 4 heteroatoms. The van der Waals surface area contributed by atoms with Gasteiger partial charge in [0, 0.05) is 0 Å². The summed E-state index contributed by atoms with van der Waals surface area (Å²) in [6.45, 7) is 6.32. The predicted octanol–water partition coefficient (Wildman–Crippen LogP) is 3.53. The first-order valence-electron chi connectivity index (χ1n) is 10.3. The first-order chi connectivity index (χ1) is 13.1. The molecule has 0 radical (unpaired) electrons. The summed E-state index contributed by atoms with van der Waals surface area (Å²) in [5.41, 5.74) is 3.12. The molecule has 2 aliphatic rings. The fourth-order valence-electron chi connectivity index (χ4n) is 2.03. The molecule has 27 heavy (non-hydrogen) atoms. The van der Waals surface area contributed by atoms with Gasteiger partial charge in [-0.2, -0.15) is 0 Å². The molecule has 0 unspecified atom stereocenters. The molecule has 0 saturated carbocycles. The summed E-state index contributed by atoms with van der Waals surface area (Å²) < 4.78 is 0.648. The summed E-state index contributed by atoms with van der Waals surface area (Å²) in [6.07, 6.45) is 21.2. The fraction of sp³-hybridized carbons (Fsp3) is 0.652. The van der Waals surface area contributed by atoms with Crippen LogP contribution < -0.4 is 15.3 Å². The van der Waals surface area contributed by atoms with Gasteiger partial charge in [-0.15, -0.1) is 19.8 Å². The Bertz CT molecular complexity index is 375. The van der Waals surface area contributed by atoms with Crippen molar-refractivity contribution in [1.29, 1.82) is 0 Å². The normalized spacial score (nSPS) is 13.8. The second kappa shape index (κ2) is 23.6. The zero-order chi connectivity index (χ0) is 20.8. The zero-order valence-electron chi connectivity index (χ0n) is 17.5. The Morgan fingerprint density at radius 3 is 1.22 bits per heavy atom. The molecule has 0 aromatic rings. The molecule has 0 aliphatic heterocycles. The number of unbranched alkanes of at least 4 members (excludes halogenated alkanes) is 3. The molecule has 3 nitrogen and oxygen atoms in total. The molecule has 0 spiro atoms. The van der Waals surface area contributed by atoms with Gasteiger partial charge in [-0.1, -0.05) is 59.3 Å². The molecule has 0 saturated heterocycles. The van der Waals surface area contributed by atoms with Crippen molar-refractivity contribution in [2.24, 2.45) is 0 Å². The first kappa shape index (κ1) is 28.8. The molecule has 0 atom stereocenters. The quantitative estimate of drug-likeness (QED) is 0.575. The van der Waals surface area contributed by atoms with Crippen molar-refractivity contribution in [3.63, 3.8) is 0 Å². The molecule has 2 aliphatic carbocycles. The summed E-state index contributed by atoms with van der Waals surface area (Å²) in [7, 11) is 0. The maximum atomic E-state index is 9.53. The summed E-state index contributed by atoms with van der Waals surface area (Å²) in [4.78, 5) is 0. The second-order valence-electron chi connectivity index (χ2n) is 6.35. The van der Waals surface area contributed by atoms with Crippen molar-refractivity contribution in [2.45, 2.75) is 76.4 Å². The molecule has 0 aromatic heterocycles. The Hall–Kier alpha value is -0.446. The summed E-state index contributed by atoms with van der Waals surface area (Å²) in [5, 5.41) is 28.6. The molecule has 2 rings (SSSR count). The van der Waals surface area contributed by atoms with Crippen molar-refractivity contribution in [3.05, 3.63) is 47.6 Å². The van der Waals surface area contributed by atoms with Crippen LogP contribution in [0.15, 0.2) is 47.6 Å². The molecule has 0 amide bonds. The van der Waals surface area contributed by atoms with Gasteiger partial charge in [0.2, 0.25) is 0 Å². The molecule has 0 fully saturated rings. The van der Waals surface area contributed by atoms with Crippen molar-refractivity contribution in [2.75, 3.05) is 19.8 Å². The van der Waals surface area contributed by atoms with Gasteiger partial charge in [0.25, 0.3) is 0 Å². The summed E-state index contributed by atoms with van der Waals surface area (Å²) in [5.74, 6) is 0. The number of hydrogen-bond acceptors (Lipinski definition) is 3. The van der Waals surface area contributed by atoms with Crippen LogP contribution in [-0.2, 0) is 20.4 Å². The third-order valence-electron chi connectivity index (χ3n) is 3.84. The van der Waals surface area contributed by atoms with E-state index in [0.29, 0.717) is 4.22 Å². The number of allylic oxidation sites excluding steroid dienone is 8. The van der Waals surface area contributed by atoms with Crippen molar-refractivity contribution < 1.29 is 35.8 Å². The molecular formula is C23H38O3Ti. The number of hydrogen-bond donors (Lipinski definition) is 0. The molecular weight excluding hydrogens is 372 g/mol. The number of rotatable bonds is 8. The van der Waals surface area contributed by atoms with Crippen LogP contribution in [0.2, 0.25) is 4.22 Å². The third-order valence-corrected chi connectivity index (χ3v) is 4.99. The van der Waals surface area contributed by atoms with E-state index in [0.717, 1.165) is 51.4 Å². The molecule has 0 bridgehead atoms. The average Bonchev–Trinajstić information content (AvgIpc) is 3.39. The van der Waals surface area contributed by atoms with Crippen LogP contribution in [0.4, 0.5) is 0 Å². The molecule has 0 N–H and O–H groups in total. The minimum absolute atomic E-state index is 0.0938. The van der Waals surface area contributed by atoms with Crippen LogP contribution in [0.3, 0.4) is 0 Å². The van der Waals surface area contributed by atoms with Crippen LogP contribution in [0.1, 0.15) is 72.1 Å². The van der Waals surface area contributed by atoms with Crippen LogP contribution in [0.25, 0.3) is 0 Å². The predicted molar refractivity (Wildman–Crippen MR) is 107 cm³/mol. The maximum absolute atomic E-state index is 9.53. The Kier molecular flexibility index (Phi) is 25.1. The van der Waals surface area contributed by atoms with E-state index in [1.807, 2.05) is 20.8 Å². The van der Waals surface area contributed by atoms with E-state index in [4.69, 9.17) is 0 Å². The Balaban J connectivity index is 0. The van der Waals surface area contributed by atoms with E-state index in [2.05, 4.69) is 56.9 Å². The van der Waals surface area contributed by atoms with E-state index < -0.39 is 0 Å². The van der Waals surface area contributed by atoms with E-state index in [1.54, 1.807) is 11.1 Å². The second-order valence-corrected chi connectivity index (χ2v) is 7.26. The van der Waals surface area contributed by atoms with Crippen LogP contribution in [0.5, 0.6) is 0 Å². The topological polar surface area (TPSA) is 69.2 Å². The van der Waals surface area contributed by atoms with Gasteiger partial charge in [-0.25, -0.2) is 0 Å². The van der Waals surface area contributed by atoms with Gasteiger partial charge in [0.05, 0.1) is 0 Å². The van der Waals surface area contributed by atoms with Crippen LogP contribution in [0, 0.1) is 0 Å². The van der Waals surface area contributed by atoms with E-state index in [9.17, 15) is 15.3 Å². The van der Waals surface area contributed by atoms with Gasteiger partial charge in [-0.05, 0) is 0 Å². The first-order valence-corrected chi connectivity index (χ1v) is 11.2. The van der Waals surface area contributed by atoms with Crippen molar-refractivity contribution >= 4 is 0 Å². The van der Waals surface area contributed by atoms with Gasteiger partial charge in [-0.3, -0.25) is 0 Å². The van der Waals surface area contributed by atoms with Crippen LogP contribution in [-0.4, -0.2) is 19.8 Å². The van der Waals surface area contributed by atoms with Crippen LogP contribution >= 0.6 is 0 Å². The third kappa shape index (κ3) is 18.7. The van der Waals surface area contributed by atoms with Gasteiger partial charge in [0.1, 0.15) is 0 Å². The molecule has 152 valence electrons. The Morgan fingerprint density at radius 1 is 0.741 bits per heavy atom. The van der Waals surface area contributed by atoms with Crippen molar-refractivity contribution in [1.82, 2.24) is 0 Å². The Labute approximate surface area is 179 Å². The molecule has 0 aromatic carbocycles. The molecule has 0 heterocycles. The average molecular weight is 410 g/mol. The minimum atomic E-state index is 0.0938. The van der Waals surface area contributed by atoms with Gasteiger partial charge >= 0.3 is 85.1 Å². The van der Waals surface area contributed by atoms with E-state index >= 15 is 0 Å². The SMILES string of the molecule is CCCC[O-].CCCC[O-].CCCC[O-].[Ti+3][CH](C1=CC=CC1)C1=CC=CC1. The summed E-state index contributed by atoms with van der Waals surface area (Å²) >= 11 is 2.30. The van der Waals surface area contributed by atoms with Crippen molar-refractivity contribution in [3.8, 4) is 0 Å². The van der Waals surface area contributed by atoms with E-state index in [1.165, 1.54) is 0 Å². The standard InChI is InChI=1S/C11H11.3C4H9O.Ti/c1-2-6-10(5-1)9-11-7-3-4-8-11;3*1-2-3-4-5;/h1-5,7,9H,6,8H2;3*2-4H2,1H3;/q;3*-1;+3. The monoisotopic (exact) mass is 410 g/mol.